The molecule has 28 heavy (non-hydrogen) atoms. The number of halogens is 2. The van der Waals surface area contributed by atoms with Crippen LogP contribution in [0.5, 0.6) is 0 Å². The van der Waals surface area contributed by atoms with E-state index in [0.717, 1.165) is 18.7 Å². The second-order valence-electron chi connectivity index (χ2n) is 7.01. The number of hydrogen-bond acceptors (Lipinski definition) is 5. The van der Waals surface area contributed by atoms with Crippen LogP contribution in [0.3, 0.4) is 0 Å². The first-order valence-corrected chi connectivity index (χ1v) is 9.83. The van der Waals surface area contributed by atoms with E-state index < -0.39 is 6.04 Å². The summed E-state index contributed by atoms with van der Waals surface area (Å²) in [6.45, 7) is 5.31. The van der Waals surface area contributed by atoms with Crippen molar-refractivity contribution in [2.75, 3.05) is 52.4 Å². The van der Waals surface area contributed by atoms with E-state index in [2.05, 4.69) is 10.2 Å². The molecule has 9 heteroatoms. The van der Waals surface area contributed by atoms with Crippen molar-refractivity contribution in [3.05, 3.63) is 34.9 Å². The minimum absolute atomic E-state index is 0. The van der Waals surface area contributed by atoms with Gasteiger partial charge in [-0.2, -0.15) is 0 Å². The molecule has 3 rings (SSSR count). The largest absolute Gasteiger partial charge is 0.395 e. The summed E-state index contributed by atoms with van der Waals surface area (Å²) in [7, 11) is 0. The number of carbonyl (C=O) groups is 2. The van der Waals surface area contributed by atoms with Gasteiger partial charge >= 0.3 is 0 Å². The predicted octanol–water partition coefficient (Wildman–Crippen LogP) is 0.589. The predicted molar refractivity (Wildman–Crippen MR) is 111 cm³/mol. The van der Waals surface area contributed by atoms with Gasteiger partial charge in [0.2, 0.25) is 11.8 Å². The van der Waals surface area contributed by atoms with Crippen molar-refractivity contribution in [1.82, 2.24) is 20.0 Å². The zero-order chi connectivity index (χ0) is 19.2. The van der Waals surface area contributed by atoms with Crippen LogP contribution in [0.15, 0.2) is 24.3 Å². The number of hydrogen-bond donors (Lipinski definition) is 2. The van der Waals surface area contributed by atoms with Gasteiger partial charge in [0.05, 0.1) is 19.1 Å². The third-order valence-corrected chi connectivity index (χ3v) is 5.59. The van der Waals surface area contributed by atoms with Crippen LogP contribution < -0.4 is 5.32 Å². The number of carbonyl (C=O) groups excluding carboxylic acids is 2. The van der Waals surface area contributed by atoms with Gasteiger partial charge in [0.25, 0.3) is 0 Å². The van der Waals surface area contributed by atoms with E-state index in [9.17, 15) is 9.59 Å². The Kier molecular flexibility index (Phi) is 8.98. The molecule has 2 saturated heterocycles. The van der Waals surface area contributed by atoms with Crippen LogP contribution in [-0.2, 0) is 16.1 Å². The third-order valence-electron chi connectivity index (χ3n) is 5.22. The Morgan fingerprint density at radius 2 is 1.89 bits per heavy atom. The maximum atomic E-state index is 12.8. The van der Waals surface area contributed by atoms with Gasteiger partial charge in [0.1, 0.15) is 0 Å². The van der Waals surface area contributed by atoms with Gasteiger partial charge in [-0.05, 0) is 11.6 Å². The Balaban J connectivity index is 0.00000280. The SMILES string of the molecule is Cl.O=C(CC1NCCN(Cc2ccccc2Cl)C1=O)N1CCN(CCO)CC1. The van der Waals surface area contributed by atoms with Crippen molar-refractivity contribution < 1.29 is 14.7 Å². The average molecular weight is 431 g/mol. The summed E-state index contributed by atoms with van der Waals surface area (Å²) in [5.41, 5.74) is 0.916. The van der Waals surface area contributed by atoms with E-state index in [-0.39, 0.29) is 37.2 Å². The molecule has 1 aromatic rings. The summed E-state index contributed by atoms with van der Waals surface area (Å²) in [5.74, 6) is -0.0440. The van der Waals surface area contributed by atoms with Crippen LogP contribution in [0.1, 0.15) is 12.0 Å². The minimum atomic E-state index is -0.482. The summed E-state index contributed by atoms with van der Waals surface area (Å²) in [5, 5.41) is 12.8. The smallest absolute Gasteiger partial charge is 0.240 e. The fourth-order valence-electron chi connectivity index (χ4n) is 3.61. The number of nitrogens with one attached hydrogen (secondary N) is 1. The van der Waals surface area contributed by atoms with Crippen molar-refractivity contribution in [1.29, 1.82) is 0 Å². The lowest BCUT2D eigenvalue weighted by Gasteiger charge is -2.37. The van der Waals surface area contributed by atoms with Gasteiger partial charge in [-0.15, -0.1) is 12.4 Å². The Hall–Kier alpha value is -1.38. The molecule has 7 nitrogen and oxygen atoms in total. The van der Waals surface area contributed by atoms with E-state index in [4.69, 9.17) is 16.7 Å². The van der Waals surface area contributed by atoms with Crippen molar-refractivity contribution in [3.8, 4) is 0 Å². The highest BCUT2D eigenvalue weighted by molar-refractivity contribution is 6.31. The molecule has 0 radical (unpaired) electrons. The number of aliphatic hydroxyl groups is 1. The molecule has 0 saturated carbocycles. The molecule has 156 valence electrons. The lowest BCUT2D eigenvalue weighted by Crippen LogP contribution is -2.57. The molecular weight excluding hydrogens is 403 g/mol. The fraction of sp³-hybridized carbons (Fsp3) is 0.579. The number of nitrogens with zero attached hydrogens (tertiary/aromatic N) is 3. The van der Waals surface area contributed by atoms with E-state index >= 15 is 0 Å². The van der Waals surface area contributed by atoms with Crippen molar-refractivity contribution >= 4 is 35.8 Å². The summed E-state index contributed by atoms with van der Waals surface area (Å²) < 4.78 is 0. The highest BCUT2D eigenvalue weighted by Gasteiger charge is 2.32. The number of aliphatic hydroxyl groups excluding tert-OH is 1. The molecule has 1 atom stereocenters. The average Bonchev–Trinajstić information content (AvgIpc) is 2.67. The molecule has 1 aromatic carbocycles. The van der Waals surface area contributed by atoms with Gasteiger partial charge in [-0.25, -0.2) is 0 Å². The molecule has 2 aliphatic rings. The van der Waals surface area contributed by atoms with Gasteiger partial charge in [-0.1, -0.05) is 29.8 Å². The molecule has 2 fully saturated rings. The lowest BCUT2D eigenvalue weighted by molar-refractivity contribution is -0.142. The van der Waals surface area contributed by atoms with Crippen molar-refractivity contribution in [3.63, 3.8) is 0 Å². The van der Waals surface area contributed by atoms with Crippen molar-refractivity contribution in [2.24, 2.45) is 0 Å². The van der Waals surface area contributed by atoms with Gasteiger partial charge in [0, 0.05) is 57.4 Å². The maximum absolute atomic E-state index is 12.8. The molecular formula is C19H28Cl2N4O3. The van der Waals surface area contributed by atoms with E-state index in [1.54, 1.807) is 4.90 Å². The van der Waals surface area contributed by atoms with Crippen LogP contribution in [0.2, 0.25) is 5.02 Å². The van der Waals surface area contributed by atoms with Crippen LogP contribution in [0.25, 0.3) is 0 Å². The first kappa shape index (κ1) is 22.9. The minimum Gasteiger partial charge on any atom is -0.395 e. The molecule has 2 heterocycles. The maximum Gasteiger partial charge on any atom is 0.240 e. The van der Waals surface area contributed by atoms with E-state index in [0.29, 0.717) is 44.3 Å². The monoisotopic (exact) mass is 430 g/mol. The quantitative estimate of drug-likeness (QED) is 0.690. The third kappa shape index (κ3) is 5.81. The van der Waals surface area contributed by atoms with E-state index in [1.165, 1.54) is 0 Å². The molecule has 0 spiro atoms. The number of rotatable bonds is 6. The first-order chi connectivity index (χ1) is 13.1. The number of amides is 2. The standard InChI is InChI=1S/C19H27ClN4O3.ClH/c20-16-4-2-1-3-15(16)14-24-6-5-21-17(19(24)27)13-18(26)23-9-7-22(8-10-23)11-12-25;/h1-4,17,21,25H,5-14H2;1H. The van der Waals surface area contributed by atoms with Crippen LogP contribution in [0.4, 0.5) is 0 Å². The highest BCUT2D eigenvalue weighted by atomic mass is 35.5. The summed E-state index contributed by atoms with van der Waals surface area (Å²) in [6.07, 6.45) is 0.178. The van der Waals surface area contributed by atoms with Crippen molar-refractivity contribution in [2.45, 2.75) is 19.0 Å². The summed E-state index contributed by atoms with van der Waals surface area (Å²) >= 11 is 6.21. The first-order valence-electron chi connectivity index (χ1n) is 9.45. The van der Waals surface area contributed by atoms with Gasteiger partial charge in [0.15, 0.2) is 0 Å². The number of piperazine rings is 2. The fourth-order valence-corrected chi connectivity index (χ4v) is 3.80. The second kappa shape index (κ2) is 11.0. The number of β-amino-alcohol motifs (C(OH)–C–C–N with tert-alkyl or cyclic N) is 1. The van der Waals surface area contributed by atoms with E-state index in [1.807, 2.05) is 29.2 Å². The Morgan fingerprint density at radius 3 is 2.57 bits per heavy atom. The topological polar surface area (TPSA) is 76.1 Å². The molecule has 1 unspecified atom stereocenters. The molecule has 0 aliphatic carbocycles. The molecule has 2 N–H and O–H groups in total. The Labute approximate surface area is 177 Å². The van der Waals surface area contributed by atoms with Crippen LogP contribution in [0, 0.1) is 0 Å². The molecule has 0 bridgehead atoms. The molecule has 2 amide bonds. The van der Waals surface area contributed by atoms with Crippen LogP contribution >= 0.6 is 24.0 Å². The van der Waals surface area contributed by atoms with Crippen LogP contribution in [-0.4, -0.2) is 90.1 Å². The normalized spacial score (nSPS) is 20.8. The molecule has 2 aliphatic heterocycles. The molecule has 0 aromatic heterocycles. The highest BCUT2D eigenvalue weighted by Crippen LogP contribution is 2.19. The number of benzene rings is 1. The zero-order valence-electron chi connectivity index (χ0n) is 15.8. The Morgan fingerprint density at radius 1 is 1.18 bits per heavy atom. The second-order valence-corrected chi connectivity index (χ2v) is 7.42. The Bertz CT molecular complexity index is 668. The zero-order valence-corrected chi connectivity index (χ0v) is 17.4. The summed E-state index contributed by atoms with van der Waals surface area (Å²) in [4.78, 5) is 31.2. The van der Waals surface area contributed by atoms with Gasteiger partial charge < -0.3 is 20.2 Å². The lowest BCUT2D eigenvalue weighted by atomic mass is 10.1. The van der Waals surface area contributed by atoms with Gasteiger partial charge in [-0.3, -0.25) is 14.5 Å². The summed E-state index contributed by atoms with van der Waals surface area (Å²) in [6, 6.07) is 7.03.